The number of rotatable bonds is 5. The lowest BCUT2D eigenvalue weighted by molar-refractivity contribution is -0.141. The van der Waals surface area contributed by atoms with Crippen molar-refractivity contribution < 1.29 is 9.53 Å². The fraction of sp³-hybridized carbons (Fsp3) is 0.545. The Morgan fingerprint density at radius 2 is 2.29 bits per heavy atom. The number of ether oxygens (including phenoxy) is 1. The molecule has 1 aromatic heterocycles. The van der Waals surface area contributed by atoms with E-state index >= 15 is 0 Å². The van der Waals surface area contributed by atoms with Crippen molar-refractivity contribution in [2.24, 2.45) is 5.92 Å². The summed E-state index contributed by atoms with van der Waals surface area (Å²) in [5.74, 6) is 0.568. The van der Waals surface area contributed by atoms with Crippen LogP contribution in [0.2, 0.25) is 5.28 Å². The predicted octanol–water partition coefficient (Wildman–Crippen LogP) is 2.13. The molecule has 1 rings (SSSR count). The van der Waals surface area contributed by atoms with E-state index in [0.717, 1.165) is 0 Å². The minimum atomic E-state index is -0.425. The smallest absolute Gasteiger partial charge is 0.328 e. The summed E-state index contributed by atoms with van der Waals surface area (Å²) in [5, 5.41) is 3.13. The molecule has 1 heterocycles. The van der Waals surface area contributed by atoms with Crippen LogP contribution in [0.25, 0.3) is 0 Å². The third-order valence-corrected chi connectivity index (χ3v) is 2.32. The third-order valence-electron chi connectivity index (χ3n) is 2.14. The van der Waals surface area contributed by atoms with E-state index in [1.165, 1.54) is 13.3 Å². The topological polar surface area (TPSA) is 64.1 Å². The number of nitrogens with zero attached hydrogens (tertiary/aromatic N) is 2. The van der Waals surface area contributed by atoms with E-state index in [2.05, 4.69) is 15.3 Å². The summed E-state index contributed by atoms with van der Waals surface area (Å²) in [6.45, 7) is 4.06. The van der Waals surface area contributed by atoms with Crippen molar-refractivity contribution >= 4 is 23.4 Å². The number of carbonyl (C=O) groups excluding carboxylic acids is 1. The Balaban J connectivity index is 2.75. The minimum absolute atomic E-state index is 0.142. The van der Waals surface area contributed by atoms with Gasteiger partial charge in [-0.1, -0.05) is 13.8 Å². The van der Waals surface area contributed by atoms with E-state index < -0.39 is 6.04 Å². The lowest BCUT2D eigenvalue weighted by Crippen LogP contribution is -2.32. The summed E-state index contributed by atoms with van der Waals surface area (Å²) < 4.78 is 4.74. The van der Waals surface area contributed by atoms with E-state index in [-0.39, 0.29) is 11.3 Å². The standard InChI is InChI=1S/C11H16ClN3O2/c1-7(2)6-8(10(16)17-3)14-9-4-5-13-11(12)15-9/h4-5,7-8H,6H2,1-3H3,(H,13,14,15). The summed E-state index contributed by atoms with van der Waals surface area (Å²) >= 11 is 5.67. The van der Waals surface area contributed by atoms with Gasteiger partial charge < -0.3 is 10.1 Å². The first-order valence-corrected chi connectivity index (χ1v) is 5.73. The maximum absolute atomic E-state index is 11.6. The largest absolute Gasteiger partial charge is 0.467 e. The van der Waals surface area contributed by atoms with Crippen molar-refractivity contribution in [1.29, 1.82) is 0 Å². The number of methoxy groups -OCH3 is 1. The first-order chi connectivity index (χ1) is 8.02. The lowest BCUT2D eigenvalue weighted by atomic mass is 10.0. The van der Waals surface area contributed by atoms with Gasteiger partial charge in [-0.3, -0.25) is 0 Å². The molecule has 0 radical (unpaired) electrons. The number of aromatic nitrogens is 2. The van der Waals surface area contributed by atoms with Gasteiger partial charge in [-0.15, -0.1) is 0 Å². The van der Waals surface area contributed by atoms with Crippen LogP contribution in [0.3, 0.4) is 0 Å². The van der Waals surface area contributed by atoms with Gasteiger partial charge in [0.1, 0.15) is 11.9 Å². The Labute approximate surface area is 106 Å². The van der Waals surface area contributed by atoms with Crippen LogP contribution in [-0.2, 0) is 9.53 Å². The highest BCUT2D eigenvalue weighted by molar-refractivity contribution is 6.28. The van der Waals surface area contributed by atoms with Gasteiger partial charge in [-0.2, -0.15) is 0 Å². The number of nitrogens with one attached hydrogen (secondary N) is 1. The van der Waals surface area contributed by atoms with Gasteiger partial charge in [0.2, 0.25) is 5.28 Å². The number of hydrogen-bond acceptors (Lipinski definition) is 5. The molecule has 0 amide bonds. The Morgan fingerprint density at radius 1 is 1.59 bits per heavy atom. The number of carbonyl (C=O) groups is 1. The molecule has 0 aromatic carbocycles. The molecule has 1 atom stereocenters. The molecule has 5 nitrogen and oxygen atoms in total. The molecule has 17 heavy (non-hydrogen) atoms. The van der Waals surface area contributed by atoms with Crippen LogP contribution in [-0.4, -0.2) is 29.1 Å². The molecule has 6 heteroatoms. The Morgan fingerprint density at radius 3 is 2.82 bits per heavy atom. The van der Waals surface area contributed by atoms with Crippen LogP contribution in [0.4, 0.5) is 5.82 Å². The van der Waals surface area contributed by atoms with Gasteiger partial charge in [0.15, 0.2) is 0 Å². The first-order valence-electron chi connectivity index (χ1n) is 5.36. The Hall–Kier alpha value is -1.36. The molecule has 0 aliphatic rings. The molecule has 0 fully saturated rings. The van der Waals surface area contributed by atoms with Crippen LogP contribution < -0.4 is 5.32 Å². The van der Waals surface area contributed by atoms with Crippen LogP contribution in [0, 0.1) is 5.92 Å². The predicted molar refractivity (Wildman–Crippen MR) is 65.9 cm³/mol. The molecule has 0 saturated heterocycles. The van der Waals surface area contributed by atoms with E-state index in [1.807, 2.05) is 13.8 Å². The average molecular weight is 258 g/mol. The zero-order chi connectivity index (χ0) is 12.8. The second kappa shape index (κ2) is 6.39. The van der Waals surface area contributed by atoms with Gasteiger partial charge in [-0.05, 0) is 30.0 Å². The summed E-state index contributed by atoms with van der Waals surface area (Å²) in [7, 11) is 1.37. The SMILES string of the molecule is COC(=O)C(CC(C)C)Nc1ccnc(Cl)n1. The van der Waals surface area contributed by atoms with Gasteiger partial charge >= 0.3 is 5.97 Å². The minimum Gasteiger partial charge on any atom is -0.467 e. The second-order valence-electron chi connectivity index (χ2n) is 4.06. The summed E-state index contributed by atoms with van der Waals surface area (Å²) in [6, 6.07) is 1.23. The normalized spacial score (nSPS) is 12.3. The van der Waals surface area contributed by atoms with Gasteiger partial charge in [0.05, 0.1) is 7.11 Å². The zero-order valence-corrected chi connectivity index (χ0v) is 10.9. The van der Waals surface area contributed by atoms with Crippen molar-refractivity contribution in [3.63, 3.8) is 0 Å². The monoisotopic (exact) mass is 257 g/mol. The van der Waals surface area contributed by atoms with Crippen LogP contribution in [0.1, 0.15) is 20.3 Å². The fourth-order valence-electron chi connectivity index (χ4n) is 1.42. The lowest BCUT2D eigenvalue weighted by Gasteiger charge is -2.18. The van der Waals surface area contributed by atoms with Gasteiger partial charge in [0.25, 0.3) is 0 Å². The molecule has 0 aliphatic carbocycles. The molecular weight excluding hydrogens is 242 g/mol. The summed E-state index contributed by atoms with van der Waals surface area (Å²) in [5.41, 5.74) is 0. The first kappa shape index (κ1) is 13.7. The molecular formula is C11H16ClN3O2. The highest BCUT2D eigenvalue weighted by atomic mass is 35.5. The molecule has 0 bridgehead atoms. The molecule has 0 saturated carbocycles. The van der Waals surface area contributed by atoms with E-state index in [1.54, 1.807) is 6.07 Å². The third kappa shape index (κ3) is 4.56. The number of anilines is 1. The molecule has 0 spiro atoms. The van der Waals surface area contributed by atoms with Crippen molar-refractivity contribution in [2.75, 3.05) is 12.4 Å². The molecule has 1 N–H and O–H groups in total. The van der Waals surface area contributed by atoms with Crippen LogP contribution >= 0.6 is 11.6 Å². The van der Waals surface area contributed by atoms with Gasteiger partial charge in [0, 0.05) is 6.20 Å². The average Bonchev–Trinajstić information content (AvgIpc) is 2.26. The van der Waals surface area contributed by atoms with Crippen LogP contribution in [0.5, 0.6) is 0 Å². The molecule has 0 aliphatic heterocycles. The van der Waals surface area contributed by atoms with E-state index in [4.69, 9.17) is 16.3 Å². The maximum Gasteiger partial charge on any atom is 0.328 e. The fourth-order valence-corrected chi connectivity index (χ4v) is 1.57. The molecule has 1 unspecified atom stereocenters. The highest BCUT2D eigenvalue weighted by Gasteiger charge is 2.20. The maximum atomic E-state index is 11.6. The molecule has 94 valence electrons. The van der Waals surface area contributed by atoms with Gasteiger partial charge in [-0.25, -0.2) is 14.8 Å². The zero-order valence-electron chi connectivity index (χ0n) is 10.1. The second-order valence-corrected chi connectivity index (χ2v) is 4.40. The number of hydrogen-bond donors (Lipinski definition) is 1. The van der Waals surface area contributed by atoms with Crippen LogP contribution in [0.15, 0.2) is 12.3 Å². The number of halogens is 1. The quantitative estimate of drug-likeness (QED) is 0.647. The summed E-state index contributed by atoms with van der Waals surface area (Å²) in [4.78, 5) is 19.3. The summed E-state index contributed by atoms with van der Waals surface area (Å²) in [6.07, 6.45) is 2.19. The van der Waals surface area contributed by atoms with Crippen molar-refractivity contribution in [3.8, 4) is 0 Å². The van der Waals surface area contributed by atoms with Crippen molar-refractivity contribution in [3.05, 3.63) is 17.5 Å². The number of esters is 1. The Kier molecular flexibility index (Phi) is 5.15. The van der Waals surface area contributed by atoms with E-state index in [9.17, 15) is 4.79 Å². The van der Waals surface area contributed by atoms with Crippen molar-refractivity contribution in [1.82, 2.24) is 9.97 Å². The molecule has 1 aromatic rings. The van der Waals surface area contributed by atoms with E-state index in [0.29, 0.717) is 18.2 Å². The van der Waals surface area contributed by atoms with Crippen molar-refractivity contribution in [2.45, 2.75) is 26.3 Å². The Bertz CT molecular complexity index is 385. The highest BCUT2D eigenvalue weighted by Crippen LogP contribution is 2.13.